The lowest BCUT2D eigenvalue weighted by Gasteiger charge is -2.24. The number of nitrogens with one attached hydrogen (secondary N) is 2. The third-order valence-electron chi connectivity index (χ3n) is 6.02. The maximum Gasteiger partial charge on any atom is 0.237 e. The Hall–Kier alpha value is -3.32. The lowest BCUT2D eigenvalue weighted by Crippen LogP contribution is -2.44. The van der Waals surface area contributed by atoms with Crippen LogP contribution in [0.4, 0.5) is 4.39 Å². The molecule has 6 nitrogen and oxygen atoms in total. The molecule has 0 aliphatic carbocycles. The molecule has 2 unspecified atom stereocenters. The molecule has 1 aliphatic rings. The molecule has 172 valence electrons. The van der Waals surface area contributed by atoms with Crippen LogP contribution in [-0.4, -0.2) is 29.3 Å². The molecule has 2 heterocycles. The number of carbonyl (C=O) groups is 2. The fourth-order valence-corrected chi connectivity index (χ4v) is 4.28. The van der Waals surface area contributed by atoms with E-state index in [1.165, 1.54) is 12.6 Å². The van der Waals surface area contributed by atoms with E-state index in [4.69, 9.17) is 4.42 Å². The van der Waals surface area contributed by atoms with Crippen LogP contribution in [0.25, 0.3) is 11.1 Å². The van der Waals surface area contributed by atoms with Crippen molar-refractivity contribution < 1.29 is 18.4 Å². The zero-order valence-electron chi connectivity index (χ0n) is 18.8. The number of hydrogen-bond acceptors (Lipinski definition) is 5. The van der Waals surface area contributed by atoms with Crippen LogP contribution >= 0.6 is 0 Å². The highest BCUT2D eigenvalue weighted by atomic mass is 19.1. The van der Waals surface area contributed by atoms with Gasteiger partial charge in [0.2, 0.25) is 5.91 Å². The van der Waals surface area contributed by atoms with Crippen molar-refractivity contribution in [2.24, 2.45) is 0 Å². The third kappa shape index (κ3) is 5.03. The normalized spacial score (nSPS) is 16.7. The minimum atomic E-state index is -1.03. The number of amides is 1. The summed E-state index contributed by atoms with van der Waals surface area (Å²) in [4.78, 5) is 30.3. The molecule has 0 radical (unpaired) electrons. The fourth-order valence-electron chi connectivity index (χ4n) is 4.28. The van der Waals surface area contributed by atoms with Crippen molar-refractivity contribution in [1.82, 2.24) is 15.6 Å². The maximum atomic E-state index is 15.8. The molecule has 3 aromatic rings. The summed E-state index contributed by atoms with van der Waals surface area (Å²) in [7, 11) is 0. The van der Waals surface area contributed by atoms with E-state index in [0.717, 1.165) is 13.0 Å². The Bertz CT molecular complexity index is 1110. The molecule has 7 heteroatoms. The standard InChI is InChI=1S/C26H28FN3O3/c1-16(2)19-10-11-20(23(24(19)27)17-7-4-3-5-8-17)25(22(31)13-18-14-28-15-33-18)30-26(32)21-9-6-12-29-21/h3-5,7-8,10-11,14-16,21,25,29H,6,9,12-13H2,1-2H3,(H,30,32). The van der Waals surface area contributed by atoms with E-state index in [9.17, 15) is 9.59 Å². The fraction of sp³-hybridized carbons (Fsp3) is 0.346. The van der Waals surface area contributed by atoms with Gasteiger partial charge in [0.25, 0.3) is 0 Å². The van der Waals surface area contributed by atoms with Crippen molar-refractivity contribution in [3.63, 3.8) is 0 Å². The Morgan fingerprint density at radius 3 is 2.58 bits per heavy atom. The largest absolute Gasteiger partial charge is 0.448 e. The predicted molar refractivity (Wildman–Crippen MR) is 123 cm³/mol. The van der Waals surface area contributed by atoms with Crippen molar-refractivity contribution in [2.75, 3.05) is 6.54 Å². The molecule has 0 saturated carbocycles. The first-order chi connectivity index (χ1) is 16.0. The first kappa shape index (κ1) is 22.9. The molecule has 1 saturated heterocycles. The van der Waals surface area contributed by atoms with Crippen molar-refractivity contribution >= 4 is 11.7 Å². The quantitative estimate of drug-likeness (QED) is 0.535. The average Bonchev–Trinajstić information content (AvgIpc) is 3.52. The van der Waals surface area contributed by atoms with Gasteiger partial charge in [-0.05, 0) is 42.0 Å². The van der Waals surface area contributed by atoms with E-state index in [2.05, 4.69) is 15.6 Å². The topological polar surface area (TPSA) is 84.2 Å². The second-order valence-corrected chi connectivity index (χ2v) is 8.66. The molecule has 1 aliphatic heterocycles. The van der Waals surface area contributed by atoms with Crippen LogP contribution in [0, 0.1) is 5.82 Å². The number of carbonyl (C=O) groups excluding carboxylic acids is 2. The molecule has 4 rings (SSSR count). The van der Waals surface area contributed by atoms with E-state index < -0.39 is 6.04 Å². The second kappa shape index (κ2) is 10.1. The molecule has 2 N–H and O–H groups in total. The minimum absolute atomic E-state index is 0.0397. The molecule has 2 atom stereocenters. The zero-order chi connectivity index (χ0) is 23.4. The first-order valence-corrected chi connectivity index (χ1v) is 11.3. The Kier molecular flexibility index (Phi) is 6.99. The number of hydrogen-bond donors (Lipinski definition) is 2. The van der Waals surface area contributed by atoms with Crippen LogP contribution in [0.2, 0.25) is 0 Å². The van der Waals surface area contributed by atoms with Gasteiger partial charge in [-0.25, -0.2) is 9.37 Å². The molecular weight excluding hydrogens is 421 g/mol. The van der Waals surface area contributed by atoms with Crippen molar-refractivity contribution in [2.45, 2.75) is 51.1 Å². The van der Waals surface area contributed by atoms with Crippen LogP contribution in [0.1, 0.15) is 55.5 Å². The van der Waals surface area contributed by atoms with Gasteiger partial charge in [-0.1, -0.05) is 56.3 Å². The number of halogens is 1. The summed E-state index contributed by atoms with van der Waals surface area (Å²) in [5.74, 6) is -0.594. The number of nitrogens with zero attached hydrogens (tertiary/aromatic N) is 1. The lowest BCUT2D eigenvalue weighted by atomic mass is 9.87. The Morgan fingerprint density at radius 2 is 1.94 bits per heavy atom. The number of ketones is 1. The smallest absolute Gasteiger partial charge is 0.237 e. The molecule has 0 bridgehead atoms. The van der Waals surface area contributed by atoms with Crippen LogP contribution < -0.4 is 10.6 Å². The molecule has 1 fully saturated rings. The van der Waals surface area contributed by atoms with Gasteiger partial charge >= 0.3 is 0 Å². The van der Waals surface area contributed by atoms with Gasteiger partial charge in [0.05, 0.1) is 18.7 Å². The van der Waals surface area contributed by atoms with E-state index in [0.29, 0.717) is 34.4 Å². The molecular formula is C26H28FN3O3. The summed E-state index contributed by atoms with van der Waals surface area (Å²) in [6.45, 7) is 4.60. The third-order valence-corrected chi connectivity index (χ3v) is 6.02. The van der Waals surface area contributed by atoms with Gasteiger partial charge in [-0.2, -0.15) is 0 Å². The minimum Gasteiger partial charge on any atom is -0.448 e. The number of Topliss-reactive ketones (excluding diaryl/α,β-unsaturated/α-hetero) is 1. The van der Waals surface area contributed by atoms with E-state index in [1.807, 2.05) is 44.2 Å². The van der Waals surface area contributed by atoms with Gasteiger partial charge < -0.3 is 15.1 Å². The van der Waals surface area contributed by atoms with E-state index in [1.54, 1.807) is 12.1 Å². The Morgan fingerprint density at radius 1 is 1.18 bits per heavy atom. The summed E-state index contributed by atoms with van der Waals surface area (Å²) >= 11 is 0. The summed E-state index contributed by atoms with van der Waals surface area (Å²) < 4.78 is 21.1. The van der Waals surface area contributed by atoms with Crippen molar-refractivity contribution in [1.29, 1.82) is 0 Å². The van der Waals surface area contributed by atoms with Crippen LogP contribution in [0.3, 0.4) is 0 Å². The summed E-state index contributed by atoms with van der Waals surface area (Å²) in [6, 6.07) is 11.2. The number of benzene rings is 2. The predicted octanol–water partition coefficient (Wildman–Crippen LogP) is 4.33. The highest BCUT2D eigenvalue weighted by Gasteiger charge is 2.32. The molecule has 33 heavy (non-hydrogen) atoms. The van der Waals surface area contributed by atoms with E-state index >= 15 is 4.39 Å². The highest BCUT2D eigenvalue weighted by molar-refractivity contribution is 5.94. The average molecular weight is 450 g/mol. The lowest BCUT2D eigenvalue weighted by molar-refractivity contribution is -0.128. The highest BCUT2D eigenvalue weighted by Crippen LogP contribution is 2.36. The van der Waals surface area contributed by atoms with Crippen LogP contribution in [0.15, 0.2) is 59.5 Å². The second-order valence-electron chi connectivity index (χ2n) is 8.66. The Labute approximate surface area is 192 Å². The summed E-state index contributed by atoms with van der Waals surface area (Å²) in [5.41, 5.74) is 1.97. The van der Waals surface area contributed by atoms with Crippen LogP contribution in [-0.2, 0) is 16.0 Å². The van der Waals surface area contributed by atoms with Gasteiger partial charge in [-0.15, -0.1) is 0 Å². The summed E-state index contributed by atoms with van der Waals surface area (Å²) in [5, 5.41) is 6.05. The van der Waals surface area contributed by atoms with Crippen molar-refractivity contribution in [3.05, 3.63) is 77.8 Å². The van der Waals surface area contributed by atoms with Gasteiger partial charge in [0.15, 0.2) is 12.2 Å². The molecule has 0 spiro atoms. The monoisotopic (exact) mass is 449 g/mol. The molecule has 1 aromatic heterocycles. The maximum absolute atomic E-state index is 15.8. The number of rotatable bonds is 8. The summed E-state index contributed by atoms with van der Waals surface area (Å²) in [6.07, 6.45) is 4.24. The van der Waals surface area contributed by atoms with Crippen molar-refractivity contribution in [3.8, 4) is 11.1 Å². The molecule has 1 amide bonds. The van der Waals surface area contributed by atoms with Gasteiger partial charge in [0, 0.05) is 5.56 Å². The number of oxazole rings is 1. The molecule has 2 aromatic carbocycles. The first-order valence-electron chi connectivity index (χ1n) is 11.3. The van der Waals surface area contributed by atoms with Gasteiger partial charge in [-0.3, -0.25) is 9.59 Å². The van der Waals surface area contributed by atoms with E-state index in [-0.39, 0.29) is 35.9 Å². The van der Waals surface area contributed by atoms with Crippen LogP contribution in [0.5, 0.6) is 0 Å². The number of aromatic nitrogens is 1. The zero-order valence-corrected chi connectivity index (χ0v) is 18.8. The Balaban J connectivity index is 1.80. The SMILES string of the molecule is CC(C)c1ccc(C(NC(=O)C2CCCN2)C(=O)Cc2cnco2)c(-c2ccccc2)c1F. The van der Waals surface area contributed by atoms with Gasteiger partial charge in [0.1, 0.15) is 17.6 Å².